The van der Waals surface area contributed by atoms with Gasteiger partial charge in [0.1, 0.15) is 0 Å². The molecular weight excluding hydrogens is 134 g/mol. The van der Waals surface area contributed by atoms with Gasteiger partial charge in [-0.15, -0.1) is 0 Å². The van der Waals surface area contributed by atoms with Gasteiger partial charge in [0.2, 0.25) is 0 Å². The Bertz CT molecular complexity index is 124. The second kappa shape index (κ2) is 3.53. The van der Waals surface area contributed by atoms with Crippen molar-refractivity contribution in [3.05, 3.63) is 0 Å². The highest BCUT2D eigenvalue weighted by molar-refractivity contribution is 5.71. The Morgan fingerprint density at radius 3 is 2.10 bits per heavy atom. The summed E-state index contributed by atoms with van der Waals surface area (Å²) in [5, 5.41) is 19.0. The maximum atomic E-state index is 10.1. The molecule has 0 bridgehead atoms. The van der Waals surface area contributed by atoms with Gasteiger partial charge in [0.05, 0.1) is 12.1 Å². The summed E-state index contributed by atoms with van der Waals surface area (Å²) in [6, 6.07) is -1.08. The van der Waals surface area contributed by atoms with Crippen molar-refractivity contribution in [3.8, 4) is 0 Å². The second-order valence-corrected chi connectivity index (χ2v) is 2.44. The maximum Gasteiger partial charge on any atom is 0.0585 e. The lowest BCUT2D eigenvalue weighted by Gasteiger charge is -2.22. The molecule has 3 atom stereocenters. The van der Waals surface area contributed by atoms with Gasteiger partial charge in [-0.05, 0) is 6.92 Å². The molecule has 0 aromatic heterocycles. The number of hydrogen-bond acceptors (Lipinski definition) is 4. The summed E-state index contributed by atoms with van der Waals surface area (Å²) in [5.74, 6) is -1.79. The lowest BCUT2D eigenvalue weighted by molar-refractivity contribution is -0.309. The fraction of sp³-hybridized carbons (Fsp3) is 0.833. The van der Waals surface area contributed by atoms with Gasteiger partial charge < -0.3 is 20.7 Å². The van der Waals surface area contributed by atoms with E-state index in [1.807, 2.05) is 0 Å². The number of carboxylic acids is 1. The molecule has 0 aliphatic rings. The minimum absolute atomic E-state index is 0.468. The number of carbonyl (C=O) groups is 1. The molecule has 60 valence electrons. The van der Waals surface area contributed by atoms with Crippen molar-refractivity contribution < 1.29 is 15.0 Å². The van der Waals surface area contributed by atoms with E-state index in [9.17, 15) is 9.90 Å². The van der Waals surface area contributed by atoms with Crippen LogP contribution in [-0.4, -0.2) is 23.2 Å². The molecule has 0 radical (unpaired) electrons. The van der Waals surface area contributed by atoms with E-state index in [1.165, 1.54) is 6.92 Å². The predicted molar refractivity (Wildman–Crippen MR) is 33.8 cm³/mol. The molecule has 0 aromatic rings. The highest BCUT2D eigenvalue weighted by atomic mass is 16.4. The van der Waals surface area contributed by atoms with Crippen LogP contribution in [0.25, 0.3) is 0 Å². The number of aliphatic hydroxyl groups is 1. The molecular formula is C6H12NO3-. The fourth-order valence-corrected chi connectivity index (χ4v) is 0.515. The number of nitrogens with two attached hydrogens (primary N) is 1. The zero-order valence-electron chi connectivity index (χ0n) is 6.07. The zero-order chi connectivity index (χ0) is 8.31. The van der Waals surface area contributed by atoms with Crippen LogP contribution in [0.1, 0.15) is 13.8 Å². The molecule has 0 saturated heterocycles. The van der Waals surface area contributed by atoms with Gasteiger partial charge in [-0.1, -0.05) is 6.92 Å². The van der Waals surface area contributed by atoms with Crippen molar-refractivity contribution in [1.82, 2.24) is 0 Å². The minimum Gasteiger partial charge on any atom is -0.548 e. The minimum atomic E-state index is -1.33. The maximum absolute atomic E-state index is 10.1. The van der Waals surface area contributed by atoms with Crippen molar-refractivity contribution in [2.75, 3.05) is 0 Å². The van der Waals surface area contributed by atoms with E-state index in [0.717, 1.165) is 0 Å². The first-order valence-corrected chi connectivity index (χ1v) is 3.11. The normalized spacial score (nSPS) is 19.6. The van der Waals surface area contributed by atoms with Crippen LogP contribution in [0.5, 0.6) is 0 Å². The fourth-order valence-electron chi connectivity index (χ4n) is 0.515. The first-order chi connectivity index (χ1) is 4.46. The SMILES string of the molecule is C[C@@H]([C@H](C)O)[C@H](N)C(=O)[O-]. The Kier molecular flexibility index (Phi) is 3.32. The predicted octanol–water partition coefficient (Wildman–Crippen LogP) is -1.92. The van der Waals surface area contributed by atoms with Gasteiger partial charge in [-0.3, -0.25) is 0 Å². The Balaban J connectivity index is 3.94. The van der Waals surface area contributed by atoms with Crippen molar-refractivity contribution in [1.29, 1.82) is 0 Å². The van der Waals surface area contributed by atoms with E-state index in [4.69, 9.17) is 10.8 Å². The Morgan fingerprint density at radius 2 is 2.00 bits per heavy atom. The molecule has 0 aromatic carbocycles. The van der Waals surface area contributed by atoms with Gasteiger partial charge in [0.25, 0.3) is 0 Å². The van der Waals surface area contributed by atoms with Crippen molar-refractivity contribution in [3.63, 3.8) is 0 Å². The summed E-state index contributed by atoms with van der Waals surface area (Å²) >= 11 is 0. The van der Waals surface area contributed by atoms with Gasteiger partial charge in [0, 0.05) is 12.0 Å². The molecule has 0 aliphatic heterocycles. The molecule has 0 heterocycles. The molecule has 0 aliphatic carbocycles. The summed E-state index contributed by atoms with van der Waals surface area (Å²) in [6.07, 6.45) is -0.715. The number of aliphatic hydroxyl groups excluding tert-OH is 1. The van der Waals surface area contributed by atoms with Gasteiger partial charge >= 0.3 is 0 Å². The van der Waals surface area contributed by atoms with Crippen LogP contribution < -0.4 is 10.8 Å². The van der Waals surface area contributed by atoms with Crippen LogP contribution >= 0.6 is 0 Å². The van der Waals surface area contributed by atoms with Crippen molar-refractivity contribution in [2.45, 2.75) is 26.0 Å². The third-order valence-corrected chi connectivity index (χ3v) is 1.60. The quantitative estimate of drug-likeness (QED) is 0.486. The monoisotopic (exact) mass is 146 g/mol. The van der Waals surface area contributed by atoms with E-state index >= 15 is 0 Å². The molecule has 0 fully saturated rings. The second-order valence-electron chi connectivity index (χ2n) is 2.44. The van der Waals surface area contributed by atoms with Crippen molar-refractivity contribution >= 4 is 5.97 Å². The van der Waals surface area contributed by atoms with E-state index in [-0.39, 0.29) is 0 Å². The van der Waals surface area contributed by atoms with Crippen molar-refractivity contribution in [2.24, 2.45) is 11.7 Å². The smallest absolute Gasteiger partial charge is 0.0585 e. The first-order valence-electron chi connectivity index (χ1n) is 3.11. The summed E-state index contributed by atoms with van der Waals surface area (Å²) in [6.45, 7) is 3.05. The number of rotatable bonds is 3. The van der Waals surface area contributed by atoms with Gasteiger partial charge in [-0.2, -0.15) is 0 Å². The summed E-state index contributed by atoms with van der Waals surface area (Å²) in [7, 11) is 0. The molecule has 4 heteroatoms. The average molecular weight is 146 g/mol. The molecule has 3 N–H and O–H groups in total. The summed E-state index contributed by atoms with van der Waals surface area (Å²) < 4.78 is 0. The highest BCUT2D eigenvalue weighted by Gasteiger charge is 2.17. The lowest BCUT2D eigenvalue weighted by Crippen LogP contribution is -2.48. The molecule has 0 rings (SSSR count). The molecule has 0 unspecified atom stereocenters. The van der Waals surface area contributed by atoms with Gasteiger partial charge in [0.15, 0.2) is 0 Å². The highest BCUT2D eigenvalue weighted by Crippen LogP contribution is 2.04. The third-order valence-electron chi connectivity index (χ3n) is 1.60. The molecule has 0 amide bonds. The molecule has 0 spiro atoms. The topological polar surface area (TPSA) is 86.4 Å². The summed E-state index contributed by atoms with van der Waals surface area (Å²) in [5.41, 5.74) is 5.14. The standard InChI is InChI=1S/C6H13NO3/c1-3(4(2)8)5(7)6(9)10/h3-5,8H,7H2,1-2H3,(H,9,10)/p-1/t3-,4-,5-/m0/s1. The van der Waals surface area contributed by atoms with Crippen LogP contribution in [0.3, 0.4) is 0 Å². The Morgan fingerprint density at radius 1 is 1.60 bits per heavy atom. The van der Waals surface area contributed by atoms with Crippen LogP contribution in [0.2, 0.25) is 0 Å². The van der Waals surface area contributed by atoms with Crippen LogP contribution in [-0.2, 0) is 4.79 Å². The largest absolute Gasteiger partial charge is 0.548 e. The van der Waals surface area contributed by atoms with Gasteiger partial charge in [-0.25, -0.2) is 0 Å². The van der Waals surface area contributed by atoms with E-state index in [0.29, 0.717) is 0 Å². The van der Waals surface area contributed by atoms with Crippen LogP contribution in [0.15, 0.2) is 0 Å². The molecule has 4 nitrogen and oxygen atoms in total. The Hall–Kier alpha value is -0.610. The number of aliphatic carboxylic acids is 1. The first kappa shape index (κ1) is 9.39. The van der Waals surface area contributed by atoms with E-state index in [1.54, 1.807) is 6.92 Å². The number of hydrogen-bond donors (Lipinski definition) is 2. The van der Waals surface area contributed by atoms with E-state index in [2.05, 4.69) is 0 Å². The van der Waals surface area contributed by atoms with Crippen LogP contribution in [0.4, 0.5) is 0 Å². The molecule has 10 heavy (non-hydrogen) atoms. The zero-order valence-corrected chi connectivity index (χ0v) is 6.07. The lowest BCUT2D eigenvalue weighted by atomic mass is 9.98. The average Bonchev–Trinajstić information content (AvgIpc) is 1.84. The number of carbonyl (C=O) groups excluding carboxylic acids is 1. The number of carboxylic acid groups (broad SMARTS) is 1. The molecule has 0 saturated carbocycles. The van der Waals surface area contributed by atoms with Crippen LogP contribution in [0, 0.1) is 5.92 Å². The summed E-state index contributed by atoms with van der Waals surface area (Å²) in [4.78, 5) is 10.1. The third kappa shape index (κ3) is 2.33. The van der Waals surface area contributed by atoms with E-state index < -0.39 is 24.0 Å². The Labute approximate surface area is 59.7 Å².